The van der Waals surface area contributed by atoms with Gasteiger partial charge in [-0.05, 0) is 66.8 Å². The molecule has 0 saturated carbocycles. The lowest BCUT2D eigenvalue weighted by Crippen LogP contribution is -2.12. The Labute approximate surface area is 197 Å². The zero-order chi connectivity index (χ0) is 24.1. The molecular weight excluding hydrogens is 439 g/mol. The van der Waals surface area contributed by atoms with Crippen molar-refractivity contribution in [2.75, 3.05) is 25.2 Å². The number of aromatic nitrogens is 1. The Bertz CT molecular complexity index is 1150. The lowest BCUT2D eigenvalue weighted by atomic mass is 9.89. The fraction of sp³-hybridized carbons (Fsp3) is 0.346. The molecule has 176 valence electrons. The summed E-state index contributed by atoms with van der Waals surface area (Å²) >= 11 is 0. The van der Waals surface area contributed by atoms with Crippen LogP contribution in [0, 0.1) is 18.7 Å². The van der Waals surface area contributed by atoms with Gasteiger partial charge in [0, 0.05) is 44.8 Å². The van der Waals surface area contributed by atoms with Crippen LogP contribution >= 0.6 is 0 Å². The Balaban J connectivity index is 1.77. The molecule has 5 nitrogen and oxygen atoms in total. The third-order valence-electron chi connectivity index (χ3n) is 5.77. The van der Waals surface area contributed by atoms with Gasteiger partial charge < -0.3 is 15.2 Å². The van der Waals surface area contributed by atoms with Crippen LogP contribution in [0.5, 0.6) is 11.5 Å². The molecule has 0 aliphatic rings. The highest BCUT2D eigenvalue weighted by Gasteiger charge is 2.17. The Morgan fingerprint density at radius 1 is 1.03 bits per heavy atom. The van der Waals surface area contributed by atoms with Gasteiger partial charge >= 0.3 is 0 Å². The molecule has 2 atom stereocenters. The maximum atomic E-state index is 13.8. The minimum absolute atomic E-state index is 0.159. The van der Waals surface area contributed by atoms with Gasteiger partial charge in [-0.3, -0.25) is 4.21 Å². The molecule has 7 heteroatoms. The SMILES string of the molecule is Cc1cc(-c2cc(S(C)=O)ccc2OCCOc2ccc(F)cc2C(C)C(C)C)cnc1N. The third kappa shape index (κ3) is 6.11. The van der Waals surface area contributed by atoms with E-state index in [-0.39, 0.29) is 18.3 Å². The Hall–Kier alpha value is -2.93. The lowest BCUT2D eigenvalue weighted by Gasteiger charge is -2.20. The fourth-order valence-electron chi connectivity index (χ4n) is 3.44. The van der Waals surface area contributed by atoms with Gasteiger partial charge in [0.15, 0.2) is 0 Å². The van der Waals surface area contributed by atoms with Crippen LogP contribution in [-0.4, -0.2) is 28.7 Å². The molecule has 0 spiro atoms. The van der Waals surface area contributed by atoms with Gasteiger partial charge in [0.25, 0.3) is 0 Å². The molecule has 2 unspecified atom stereocenters. The molecule has 0 fully saturated rings. The van der Waals surface area contributed by atoms with Crippen LogP contribution in [0.1, 0.15) is 37.8 Å². The Kier molecular flexibility index (Phi) is 8.08. The number of aryl methyl sites for hydroxylation is 1. The predicted octanol–water partition coefficient (Wildman–Crippen LogP) is 5.73. The first-order chi connectivity index (χ1) is 15.7. The molecule has 3 aromatic rings. The second-order valence-electron chi connectivity index (χ2n) is 8.45. The van der Waals surface area contributed by atoms with E-state index < -0.39 is 10.8 Å². The van der Waals surface area contributed by atoms with Crippen LogP contribution in [-0.2, 0) is 10.8 Å². The van der Waals surface area contributed by atoms with E-state index in [0.29, 0.717) is 34.7 Å². The van der Waals surface area contributed by atoms with Crippen LogP contribution in [0.2, 0.25) is 0 Å². The van der Waals surface area contributed by atoms with Crippen molar-refractivity contribution in [1.29, 1.82) is 0 Å². The van der Waals surface area contributed by atoms with Crippen molar-refractivity contribution in [3.63, 3.8) is 0 Å². The number of pyridine rings is 1. The van der Waals surface area contributed by atoms with E-state index in [4.69, 9.17) is 15.2 Å². The number of hydrogen-bond acceptors (Lipinski definition) is 5. The van der Waals surface area contributed by atoms with Crippen molar-refractivity contribution in [2.45, 2.75) is 38.5 Å². The van der Waals surface area contributed by atoms with E-state index in [1.165, 1.54) is 6.07 Å². The van der Waals surface area contributed by atoms with Crippen molar-refractivity contribution in [3.05, 3.63) is 65.6 Å². The summed E-state index contributed by atoms with van der Waals surface area (Å²) in [7, 11) is -1.13. The number of rotatable bonds is 9. The number of hydrogen-bond donors (Lipinski definition) is 1. The highest BCUT2D eigenvalue weighted by atomic mass is 32.2. The van der Waals surface area contributed by atoms with Gasteiger partial charge in [-0.1, -0.05) is 20.8 Å². The number of nitrogen functional groups attached to an aromatic ring is 1. The van der Waals surface area contributed by atoms with E-state index in [2.05, 4.69) is 25.8 Å². The maximum Gasteiger partial charge on any atom is 0.127 e. The normalized spacial score (nSPS) is 13.1. The first-order valence-electron chi connectivity index (χ1n) is 10.9. The molecule has 0 bridgehead atoms. The van der Waals surface area contributed by atoms with Crippen molar-refractivity contribution in [1.82, 2.24) is 4.98 Å². The van der Waals surface area contributed by atoms with Crippen LogP contribution in [0.4, 0.5) is 10.2 Å². The average Bonchev–Trinajstić information content (AvgIpc) is 2.78. The van der Waals surface area contributed by atoms with Gasteiger partial charge in [0.05, 0.1) is 0 Å². The largest absolute Gasteiger partial charge is 0.490 e. The molecule has 2 aromatic carbocycles. The second kappa shape index (κ2) is 10.8. The number of anilines is 1. The van der Waals surface area contributed by atoms with Crippen molar-refractivity contribution >= 4 is 16.6 Å². The summed E-state index contributed by atoms with van der Waals surface area (Å²) in [4.78, 5) is 4.94. The maximum absolute atomic E-state index is 13.8. The van der Waals surface area contributed by atoms with E-state index in [0.717, 1.165) is 22.3 Å². The summed E-state index contributed by atoms with van der Waals surface area (Å²) in [5.41, 5.74) is 9.19. The van der Waals surface area contributed by atoms with Crippen LogP contribution in [0.3, 0.4) is 0 Å². The highest BCUT2D eigenvalue weighted by molar-refractivity contribution is 7.84. The highest BCUT2D eigenvalue weighted by Crippen LogP contribution is 2.34. The summed E-state index contributed by atoms with van der Waals surface area (Å²) in [6, 6.07) is 12.0. The predicted molar refractivity (Wildman–Crippen MR) is 132 cm³/mol. The minimum atomic E-state index is -1.13. The molecule has 1 aromatic heterocycles. The first kappa shape index (κ1) is 24.7. The van der Waals surface area contributed by atoms with E-state index in [9.17, 15) is 8.60 Å². The van der Waals surface area contributed by atoms with E-state index in [1.54, 1.807) is 30.7 Å². The summed E-state index contributed by atoms with van der Waals surface area (Å²) in [5.74, 6) is 2.01. The first-order valence-corrected chi connectivity index (χ1v) is 12.5. The van der Waals surface area contributed by atoms with Crippen LogP contribution < -0.4 is 15.2 Å². The molecule has 0 amide bonds. The summed E-state index contributed by atoms with van der Waals surface area (Å²) < 4.78 is 37.8. The van der Waals surface area contributed by atoms with E-state index >= 15 is 0 Å². The molecule has 3 rings (SSSR count). The molecule has 0 aliphatic heterocycles. The minimum Gasteiger partial charge on any atom is -0.490 e. The molecule has 1 heterocycles. The number of nitrogens with two attached hydrogens (primary N) is 1. The summed E-state index contributed by atoms with van der Waals surface area (Å²) in [6.07, 6.45) is 3.32. The van der Waals surface area contributed by atoms with Gasteiger partial charge in [-0.2, -0.15) is 0 Å². The molecule has 0 radical (unpaired) electrons. The van der Waals surface area contributed by atoms with Crippen molar-refractivity contribution < 1.29 is 18.1 Å². The number of nitrogens with zero attached hydrogens (tertiary/aromatic N) is 1. The zero-order valence-corrected chi connectivity index (χ0v) is 20.5. The molecule has 0 aliphatic carbocycles. The zero-order valence-electron chi connectivity index (χ0n) is 19.7. The molecule has 33 heavy (non-hydrogen) atoms. The monoisotopic (exact) mass is 470 g/mol. The van der Waals surface area contributed by atoms with Crippen molar-refractivity contribution in [2.24, 2.45) is 5.92 Å². The Morgan fingerprint density at radius 2 is 1.70 bits per heavy atom. The lowest BCUT2D eigenvalue weighted by molar-refractivity contribution is 0.215. The smallest absolute Gasteiger partial charge is 0.127 e. The number of benzene rings is 2. The topological polar surface area (TPSA) is 74.4 Å². The number of ether oxygens (including phenoxy) is 2. The number of halogens is 1. The van der Waals surface area contributed by atoms with Gasteiger partial charge in [-0.15, -0.1) is 0 Å². The van der Waals surface area contributed by atoms with Crippen molar-refractivity contribution in [3.8, 4) is 22.6 Å². The fourth-order valence-corrected chi connectivity index (χ4v) is 3.98. The summed E-state index contributed by atoms with van der Waals surface area (Å²) in [6.45, 7) is 8.74. The third-order valence-corrected chi connectivity index (χ3v) is 6.69. The molecule has 0 saturated heterocycles. The summed E-state index contributed by atoms with van der Waals surface area (Å²) in [5, 5.41) is 0. The second-order valence-corrected chi connectivity index (χ2v) is 9.83. The molecular formula is C26H31FN2O3S. The Morgan fingerprint density at radius 3 is 2.33 bits per heavy atom. The van der Waals surface area contributed by atoms with Crippen LogP contribution in [0.15, 0.2) is 53.6 Å². The van der Waals surface area contributed by atoms with Gasteiger partial charge in [0.1, 0.15) is 36.3 Å². The standard InChI is InChI=1S/C26H31FN2O3S/c1-16(2)18(4)22-13-20(27)6-8-24(22)31-10-11-32-25-9-7-21(33(5)30)14-23(25)19-12-17(3)26(28)29-15-19/h6-9,12-16,18H,10-11H2,1-5H3,(H2,28,29). The quantitative estimate of drug-likeness (QED) is 0.404. The van der Waals surface area contributed by atoms with Gasteiger partial charge in [0.2, 0.25) is 0 Å². The van der Waals surface area contributed by atoms with E-state index in [1.807, 2.05) is 25.1 Å². The average molecular weight is 471 g/mol. The molecule has 2 N–H and O–H groups in total. The van der Waals surface area contributed by atoms with Crippen LogP contribution in [0.25, 0.3) is 11.1 Å². The van der Waals surface area contributed by atoms with Gasteiger partial charge in [-0.25, -0.2) is 9.37 Å².